The van der Waals surface area contributed by atoms with Crippen LogP contribution < -0.4 is 4.90 Å². The Labute approximate surface area is 307 Å². The Bertz CT molecular complexity index is 2840. The Morgan fingerprint density at radius 1 is 0.547 bits per heavy atom. The molecule has 53 heavy (non-hydrogen) atoms. The second-order valence-electron chi connectivity index (χ2n) is 12.9. The average molecular weight is 683 g/mol. The SMILES string of the molecule is C=C/C=C\c1cc2ccccc2c2cc(N(/C=C/c3c(C=C)oc4ccc(-c5nc6ccccc6o5)cc34)c3ccc(-c4ccccc4)cc3)ccc12. The third kappa shape index (κ3) is 5.92. The number of benzene rings is 7. The van der Waals surface area contributed by atoms with Gasteiger partial charge in [-0.05, 0) is 111 Å². The molecule has 4 nitrogen and oxygen atoms in total. The van der Waals surface area contributed by atoms with Gasteiger partial charge in [0, 0.05) is 34.1 Å². The zero-order valence-electron chi connectivity index (χ0n) is 28.9. The number of hydrogen-bond acceptors (Lipinski definition) is 4. The number of allylic oxidation sites excluding steroid dienone is 2. The number of fused-ring (bicyclic) bond motifs is 5. The Morgan fingerprint density at radius 2 is 1.30 bits per heavy atom. The van der Waals surface area contributed by atoms with E-state index in [1.165, 1.54) is 27.1 Å². The van der Waals surface area contributed by atoms with Gasteiger partial charge in [-0.2, -0.15) is 0 Å². The van der Waals surface area contributed by atoms with Gasteiger partial charge in [0.25, 0.3) is 0 Å². The first-order valence-electron chi connectivity index (χ1n) is 17.6. The molecule has 0 unspecified atom stereocenters. The van der Waals surface area contributed by atoms with E-state index in [4.69, 9.17) is 13.8 Å². The second kappa shape index (κ2) is 13.5. The van der Waals surface area contributed by atoms with E-state index in [2.05, 4.69) is 140 Å². The summed E-state index contributed by atoms with van der Waals surface area (Å²) in [6.07, 6.45) is 11.9. The van der Waals surface area contributed by atoms with E-state index < -0.39 is 0 Å². The van der Waals surface area contributed by atoms with Crippen LogP contribution in [0.2, 0.25) is 0 Å². The van der Waals surface area contributed by atoms with Gasteiger partial charge in [0.05, 0.1) is 0 Å². The molecule has 0 radical (unpaired) electrons. The predicted octanol–water partition coefficient (Wildman–Crippen LogP) is 13.9. The zero-order valence-corrected chi connectivity index (χ0v) is 28.9. The molecule has 0 aliphatic carbocycles. The van der Waals surface area contributed by atoms with Gasteiger partial charge >= 0.3 is 0 Å². The molecule has 4 heteroatoms. The van der Waals surface area contributed by atoms with Gasteiger partial charge < -0.3 is 13.7 Å². The highest BCUT2D eigenvalue weighted by Gasteiger charge is 2.16. The Balaban J connectivity index is 1.20. The molecule has 0 atom stereocenters. The number of nitrogens with zero attached hydrogens (tertiary/aromatic N) is 2. The number of rotatable bonds is 9. The summed E-state index contributed by atoms with van der Waals surface area (Å²) >= 11 is 0. The molecule has 2 aromatic heterocycles. The molecule has 0 saturated heterocycles. The van der Waals surface area contributed by atoms with Crippen LogP contribution in [0.4, 0.5) is 11.4 Å². The highest BCUT2D eigenvalue weighted by molar-refractivity contribution is 6.12. The van der Waals surface area contributed by atoms with Crippen molar-refractivity contribution in [3.05, 3.63) is 194 Å². The van der Waals surface area contributed by atoms with E-state index >= 15 is 0 Å². The molecule has 0 N–H and O–H groups in total. The van der Waals surface area contributed by atoms with Crippen molar-refractivity contribution in [2.45, 2.75) is 0 Å². The summed E-state index contributed by atoms with van der Waals surface area (Å²) in [5.74, 6) is 1.25. The quantitative estimate of drug-likeness (QED) is 0.112. The standard InChI is InChI=1S/C49H34N2O2/c1-3-5-13-35-30-36-16-9-10-17-40(36)43-32-39(25-26-41(35)43)51(38-23-20-34(21-24-38)33-14-7-6-8-15-33)29-28-42-44-31-37(22-27-47(44)52-46(42)4-2)49-50-45-18-11-12-19-48(45)53-49/h3-32H,1-2H2/b13-5-,29-28+. The van der Waals surface area contributed by atoms with Crippen molar-refractivity contribution < 1.29 is 8.83 Å². The van der Waals surface area contributed by atoms with Crippen LogP contribution >= 0.6 is 0 Å². The third-order valence-electron chi connectivity index (χ3n) is 9.69. The van der Waals surface area contributed by atoms with Crippen LogP contribution in [0, 0.1) is 0 Å². The number of oxazole rings is 1. The van der Waals surface area contributed by atoms with Gasteiger partial charge in [0.2, 0.25) is 5.89 Å². The van der Waals surface area contributed by atoms with E-state index in [-0.39, 0.29) is 0 Å². The molecule has 0 aliphatic rings. The molecule has 0 bridgehead atoms. The number of anilines is 2. The average Bonchev–Trinajstić information content (AvgIpc) is 3.82. The molecule has 0 fully saturated rings. The van der Waals surface area contributed by atoms with Crippen LogP contribution in [0.3, 0.4) is 0 Å². The van der Waals surface area contributed by atoms with Crippen LogP contribution in [0.5, 0.6) is 0 Å². The lowest BCUT2D eigenvalue weighted by atomic mass is 9.96. The summed E-state index contributed by atoms with van der Waals surface area (Å²) < 4.78 is 12.4. The summed E-state index contributed by atoms with van der Waals surface area (Å²) in [5, 5.41) is 5.68. The smallest absolute Gasteiger partial charge is 0.227 e. The van der Waals surface area contributed by atoms with Gasteiger partial charge in [0.15, 0.2) is 5.58 Å². The van der Waals surface area contributed by atoms with Crippen LogP contribution in [-0.2, 0) is 0 Å². The van der Waals surface area contributed by atoms with Gasteiger partial charge in [-0.15, -0.1) is 0 Å². The predicted molar refractivity (Wildman–Crippen MR) is 223 cm³/mol. The summed E-state index contributed by atoms with van der Waals surface area (Å²) in [4.78, 5) is 6.97. The zero-order chi connectivity index (χ0) is 35.7. The fourth-order valence-electron chi connectivity index (χ4n) is 7.08. The number of furan rings is 1. The van der Waals surface area contributed by atoms with E-state index in [1.807, 2.05) is 54.6 Å². The molecule has 9 aromatic rings. The third-order valence-corrected chi connectivity index (χ3v) is 9.69. The van der Waals surface area contributed by atoms with Crippen molar-refractivity contribution >= 4 is 73.2 Å². The molecule has 0 spiro atoms. The minimum Gasteiger partial charge on any atom is -0.456 e. The van der Waals surface area contributed by atoms with E-state index in [9.17, 15) is 0 Å². The Morgan fingerprint density at radius 3 is 2.13 bits per heavy atom. The summed E-state index contributed by atoms with van der Waals surface area (Å²) in [7, 11) is 0. The van der Waals surface area contributed by atoms with Crippen molar-refractivity contribution in [2.75, 3.05) is 4.90 Å². The summed E-state index contributed by atoms with van der Waals surface area (Å²) in [6, 6.07) is 50.5. The van der Waals surface area contributed by atoms with Crippen LogP contribution in [-0.4, -0.2) is 4.98 Å². The topological polar surface area (TPSA) is 42.4 Å². The Kier molecular flexibility index (Phi) is 8.10. The van der Waals surface area contributed by atoms with Crippen LogP contribution in [0.1, 0.15) is 16.9 Å². The van der Waals surface area contributed by atoms with Gasteiger partial charge in [0.1, 0.15) is 16.9 Å². The highest BCUT2D eigenvalue weighted by Crippen LogP contribution is 2.38. The van der Waals surface area contributed by atoms with Crippen LogP contribution in [0.25, 0.3) is 84.4 Å². The number of aromatic nitrogens is 1. The lowest BCUT2D eigenvalue weighted by Gasteiger charge is -2.22. The van der Waals surface area contributed by atoms with E-state index in [0.29, 0.717) is 11.7 Å². The number of hydrogen-bond donors (Lipinski definition) is 0. The van der Waals surface area contributed by atoms with E-state index in [0.717, 1.165) is 55.7 Å². The summed E-state index contributed by atoms with van der Waals surface area (Å²) in [6.45, 7) is 7.98. The first kappa shape index (κ1) is 31.8. The lowest BCUT2D eigenvalue weighted by Crippen LogP contribution is -2.08. The molecule has 252 valence electrons. The van der Waals surface area contributed by atoms with Crippen LogP contribution in [0.15, 0.2) is 186 Å². The number of para-hydroxylation sites is 2. The second-order valence-corrected chi connectivity index (χ2v) is 12.9. The summed E-state index contributed by atoms with van der Waals surface area (Å²) in [5.41, 5.74) is 9.65. The van der Waals surface area contributed by atoms with Crippen molar-refractivity contribution in [3.63, 3.8) is 0 Å². The van der Waals surface area contributed by atoms with Crippen molar-refractivity contribution in [2.24, 2.45) is 0 Å². The Hall–Kier alpha value is -7.17. The van der Waals surface area contributed by atoms with Crippen molar-refractivity contribution in [1.29, 1.82) is 0 Å². The van der Waals surface area contributed by atoms with Crippen molar-refractivity contribution in [3.8, 4) is 22.6 Å². The van der Waals surface area contributed by atoms with Gasteiger partial charge in [-0.1, -0.05) is 116 Å². The first-order valence-corrected chi connectivity index (χ1v) is 17.6. The fourth-order valence-corrected chi connectivity index (χ4v) is 7.08. The monoisotopic (exact) mass is 682 g/mol. The van der Waals surface area contributed by atoms with Gasteiger partial charge in [-0.3, -0.25) is 0 Å². The fraction of sp³-hybridized carbons (Fsp3) is 0. The molecular weight excluding hydrogens is 649 g/mol. The molecular formula is C49H34N2O2. The lowest BCUT2D eigenvalue weighted by molar-refractivity contribution is 0.603. The maximum absolute atomic E-state index is 6.31. The molecule has 7 aromatic carbocycles. The normalized spacial score (nSPS) is 11.8. The minimum atomic E-state index is 0.565. The maximum atomic E-state index is 6.31. The van der Waals surface area contributed by atoms with E-state index in [1.54, 1.807) is 6.08 Å². The molecule has 9 rings (SSSR count). The van der Waals surface area contributed by atoms with Gasteiger partial charge in [-0.25, -0.2) is 4.98 Å². The molecule has 0 aliphatic heterocycles. The largest absolute Gasteiger partial charge is 0.456 e. The minimum absolute atomic E-state index is 0.565. The maximum Gasteiger partial charge on any atom is 0.227 e. The highest BCUT2D eigenvalue weighted by atomic mass is 16.3. The molecule has 0 saturated carbocycles. The first-order chi connectivity index (χ1) is 26.2. The molecule has 0 amide bonds. The molecule has 2 heterocycles. The van der Waals surface area contributed by atoms with Crippen molar-refractivity contribution in [1.82, 2.24) is 4.98 Å².